The molecule has 0 aromatic carbocycles. The lowest BCUT2D eigenvalue weighted by Crippen LogP contribution is -2.28. The number of aliphatic carboxylic acids is 1. The summed E-state index contributed by atoms with van der Waals surface area (Å²) in [5.41, 5.74) is 0.267. The average Bonchev–Trinajstić information content (AvgIpc) is 2.80. The highest BCUT2D eigenvalue weighted by molar-refractivity contribution is 7.13. The first-order valence-electron chi connectivity index (χ1n) is 4.97. The summed E-state index contributed by atoms with van der Waals surface area (Å²) in [6.45, 7) is 3.27. The Morgan fingerprint density at radius 3 is 2.82 bits per heavy atom. The molecule has 0 radical (unpaired) electrons. The third-order valence-electron chi connectivity index (χ3n) is 2.48. The Kier molecular flexibility index (Phi) is 2.89. The second-order valence-electron chi connectivity index (χ2n) is 4.06. The van der Waals surface area contributed by atoms with Crippen LogP contribution in [0.4, 0.5) is 0 Å². The summed E-state index contributed by atoms with van der Waals surface area (Å²) >= 11 is 1.38. The molecule has 2 heterocycles. The van der Waals surface area contributed by atoms with E-state index < -0.39 is 11.4 Å². The third kappa shape index (κ3) is 2.16. The lowest BCUT2D eigenvalue weighted by Gasteiger charge is -2.15. The Morgan fingerprint density at radius 1 is 1.47 bits per heavy atom. The van der Waals surface area contributed by atoms with Crippen LogP contribution in [-0.2, 0) is 10.2 Å². The van der Waals surface area contributed by atoms with Crippen LogP contribution in [0.5, 0.6) is 0 Å². The van der Waals surface area contributed by atoms with Crippen LogP contribution >= 0.6 is 11.3 Å². The molecule has 0 saturated heterocycles. The lowest BCUT2D eigenvalue weighted by atomic mass is 9.90. The van der Waals surface area contributed by atoms with Crippen molar-refractivity contribution in [1.29, 1.82) is 0 Å². The zero-order chi connectivity index (χ0) is 12.5. The Bertz CT molecular complexity index is 537. The van der Waals surface area contributed by atoms with Gasteiger partial charge in [-0.3, -0.25) is 4.79 Å². The molecular formula is C11H11N3O2S. The van der Waals surface area contributed by atoms with Crippen LogP contribution in [0.25, 0.3) is 10.7 Å². The second kappa shape index (κ2) is 4.21. The van der Waals surface area contributed by atoms with Crippen LogP contribution in [0.15, 0.2) is 24.0 Å². The number of thiazole rings is 1. The maximum atomic E-state index is 11.1. The minimum Gasteiger partial charge on any atom is -0.481 e. The normalized spacial score (nSPS) is 11.4. The van der Waals surface area contributed by atoms with Gasteiger partial charge >= 0.3 is 5.97 Å². The Balaban J connectivity index is 2.38. The van der Waals surface area contributed by atoms with Crippen LogP contribution in [-0.4, -0.2) is 26.0 Å². The quantitative estimate of drug-likeness (QED) is 0.899. The van der Waals surface area contributed by atoms with Crippen molar-refractivity contribution in [3.63, 3.8) is 0 Å². The van der Waals surface area contributed by atoms with Gasteiger partial charge in [-0.05, 0) is 19.9 Å². The minimum absolute atomic E-state index is 0.545. The molecule has 88 valence electrons. The van der Waals surface area contributed by atoms with Gasteiger partial charge in [-0.1, -0.05) is 0 Å². The molecule has 2 aromatic heterocycles. The number of hydrogen-bond donors (Lipinski definition) is 1. The van der Waals surface area contributed by atoms with Gasteiger partial charge in [0.05, 0.1) is 5.69 Å². The largest absolute Gasteiger partial charge is 0.481 e. The van der Waals surface area contributed by atoms with Gasteiger partial charge in [-0.15, -0.1) is 11.3 Å². The van der Waals surface area contributed by atoms with Crippen LogP contribution in [0, 0.1) is 0 Å². The summed E-state index contributed by atoms with van der Waals surface area (Å²) < 4.78 is 0. The highest BCUT2D eigenvalue weighted by atomic mass is 32.1. The molecule has 0 spiro atoms. The van der Waals surface area contributed by atoms with Crippen molar-refractivity contribution in [2.75, 3.05) is 0 Å². The number of nitrogens with zero attached hydrogens (tertiary/aromatic N) is 3. The molecule has 0 atom stereocenters. The van der Waals surface area contributed by atoms with E-state index in [1.807, 2.05) is 0 Å². The first-order chi connectivity index (χ1) is 8.01. The zero-order valence-electron chi connectivity index (χ0n) is 9.41. The maximum absolute atomic E-state index is 11.1. The second-order valence-corrected chi connectivity index (χ2v) is 4.92. The molecule has 0 bridgehead atoms. The molecule has 1 N–H and O–H groups in total. The van der Waals surface area contributed by atoms with E-state index in [0.29, 0.717) is 16.4 Å². The van der Waals surface area contributed by atoms with Crippen LogP contribution in [0.3, 0.4) is 0 Å². The van der Waals surface area contributed by atoms with Gasteiger partial charge in [0, 0.05) is 11.6 Å². The van der Waals surface area contributed by atoms with Gasteiger partial charge in [0.1, 0.15) is 22.4 Å². The SMILES string of the molecule is CC(C)(C(=O)O)c1csc(-c2ccncn2)n1. The number of rotatable bonds is 3. The molecule has 0 aliphatic carbocycles. The first-order valence-corrected chi connectivity index (χ1v) is 5.85. The number of carboxylic acids is 1. The lowest BCUT2D eigenvalue weighted by molar-refractivity contribution is -0.142. The van der Waals surface area contributed by atoms with Gasteiger partial charge in [-0.2, -0.15) is 0 Å². The van der Waals surface area contributed by atoms with Crippen LogP contribution < -0.4 is 0 Å². The molecule has 2 aromatic rings. The fourth-order valence-corrected chi connectivity index (χ4v) is 2.17. The summed E-state index contributed by atoms with van der Waals surface area (Å²) in [4.78, 5) is 23.3. The molecule has 0 aliphatic rings. The molecule has 6 heteroatoms. The fourth-order valence-electron chi connectivity index (χ4n) is 1.21. The predicted molar refractivity (Wildman–Crippen MR) is 63.8 cm³/mol. The highest BCUT2D eigenvalue weighted by Crippen LogP contribution is 2.29. The third-order valence-corrected chi connectivity index (χ3v) is 3.35. The van der Waals surface area contributed by atoms with Gasteiger partial charge < -0.3 is 5.11 Å². The minimum atomic E-state index is -0.984. The van der Waals surface area contributed by atoms with Crippen LogP contribution in [0.1, 0.15) is 19.5 Å². The van der Waals surface area contributed by atoms with E-state index in [9.17, 15) is 4.79 Å². The molecule has 0 saturated carbocycles. The van der Waals surface area contributed by atoms with Gasteiger partial charge in [0.25, 0.3) is 0 Å². The molecule has 2 rings (SSSR count). The van der Waals surface area contributed by atoms with E-state index in [4.69, 9.17) is 5.11 Å². The Labute approximate surface area is 102 Å². The van der Waals surface area contributed by atoms with Crippen molar-refractivity contribution in [1.82, 2.24) is 15.0 Å². The number of carboxylic acid groups (broad SMARTS) is 1. The monoisotopic (exact) mass is 249 g/mol. The van der Waals surface area contributed by atoms with Crippen molar-refractivity contribution >= 4 is 17.3 Å². The molecule has 0 fully saturated rings. The van der Waals surface area contributed by atoms with E-state index in [1.54, 1.807) is 31.5 Å². The average molecular weight is 249 g/mol. The van der Waals surface area contributed by atoms with Crippen molar-refractivity contribution in [2.45, 2.75) is 19.3 Å². The van der Waals surface area contributed by atoms with Crippen molar-refractivity contribution in [3.05, 3.63) is 29.7 Å². The van der Waals surface area contributed by atoms with Gasteiger partial charge in [-0.25, -0.2) is 15.0 Å². The van der Waals surface area contributed by atoms with E-state index in [2.05, 4.69) is 15.0 Å². The predicted octanol–water partition coefficient (Wildman–Crippen LogP) is 1.96. The van der Waals surface area contributed by atoms with E-state index >= 15 is 0 Å². The van der Waals surface area contributed by atoms with Crippen molar-refractivity contribution < 1.29 is 9.90 Å². The maximum Gasteiger partial charge on any atom is 0.315 e. The molecule has 0 amide bonds. The Hall–Kier alpha value is -1.82. The highest BCUT2D eigenvalue weighted by Gasteiger charge is 2.32. The number of hydrogen-bond acceptors (Lipinski definition) is 5. The van der Waals surface area contributed by atoms with Gasteiger partial charge in [0.15, 0.2) is 0 Å². The number of carbonyl (C=O) groups is 1. The fraction of sp³-hybridized carbons (Fsp3) is 0.273. The molecular weight excluding hydrogens is 238 g/mol. The molecule has 0 unspecified atom stereocenters. The summed E-state index contributed by atoms with van der Waals surface area (Å²) in [6, 6.07) is 1.75. The summed E-state index contributed by atoms with van der Waals surface area (Å²) in [5, 5.41) is 11.6. The summed E-state index contributed by atoms with van der Waals surface area (Å²) in [6.07, 6.45) is 3.07. The smallest absolute Gasteiger partial charge is 0.315 e. The summed E-state index contributed by atoms with van der Waals surface area (Å²) in [5.74, 6) is -0.892. The zero-order valence-corrected chi connectivity index (χ0v) is 10.2. The standard InChI is InChI=1S/C11H11N3O2S/c1-11(2,10(15)16)8-5-17-9(14-8)7-3-4-12-6-13-7/h3-6H,1-2H3,(H,15,16). The number of aromatic nitrogens is 3. The van der Waals surface area contributed by atoms with E-state index in [0.717, 1.165) is 0 Å². The first kappa shape index (κ1) is 11.7. The Morgan fingerprint density at radius 2 is 2.24 bits per heavy atom. The van der Waals surface area contributed by atoms with Gasteiger partial charge in [0.2, 0.25) is 0 Å². The molecule has 0 aliphatic heterocycles. The van der Waals surface area contributed by atoms with Crippen molar-refractivity contribution in [3.8, 4) is 10.7 Å². The van der Waals surface area contributed by atoms with Crippen LogP contribution in [0.2, 0.25) is 0 Å². The van der Waals surface area contributed by atoms with E-state index in [-0.39, 0.29) is 0 Å². The summed E-state index contributed by atoms with van der Waals surface area (Å²) in [7, 11) is 0. The molecule has 17 heavy (non-hydrogen) atoms. The van der Waals surface area contributed by atoms with E-state index in [1.165, 1.54) is 17.7 Å². The van der Waals surface area contributed by atoms with Crippen molar-refractivity contribution in [2.24, 2.45) is 0 Å². The topological polar surface area (TPSA) is 76.0 Å². The molecule has 5 nitrogen and oxygen atoms in total.